The molecule has 1 amide bonds. The predicted molar refractivity (Wildman–Crippen MR) is 97.3 cm³/mol. The topological polar surface area (TPSA) is 55.3 Å². The van der Waals surface area contributed by atoms with Gasteiger partial charge in [-0.1, -0.05) is 36.8 Å². The predicted octanol–water partition coefficient (Wildman–Crippen LogP) is 2.94. The van der Waals surface area contributed by atoms with Gasteiger partial charge in [0.1, 0.15) is 0 Å². The Bertz CT molecular complexity index is 834. The molecule has 1 spiro atoms. The van der Waals surface area contributed by atoms with Gasteiger partial charge < -0.3 is 9.64 Å². The van der Waals surface area contributed by atoms with Crippen molar-refractivity contribution in [3.63, 3.8) is 0 Å². The number of benzene rings is 1. The van der Waals surface area contributed by atoms with E-state index in [9.17, 15) is 4.79 Å². The van der Waals surface area contributed by atoms with Gasteiger partial charge in [0.15, 0.2) is 5.82 Å². The Morgan fingerprint density at radius 3 is 2.85 bits per heavy atom. The molecular weight excluding hydrogens is 326 g/mol. The Morgan fingerprint density at radius 1 is 1.23 bits per heavy atom. The molecule has 1 aromatic heterocycles. The average Bonchev–Trinajstić information content (AvgIpc) is 3.06. The van der Waals surface area contributed by atoms with Crippen LogP contribution in [-0.4, -0.2) is 40.5 Å². The zero-order valence-corrected chi connectivity index (χ0v) is 14.9. The second-order valence-corrected chi connectivity index (χ2v) is 7.84. The molecule has 5 heteroatoms. The van der Waals surface area contributed by atoms with Crippen LogP contribution in [0.4, 0.5) is 0 Å². The van der Waals surface area contributed by atoms with Crippen LogP contribution in [0, 0.1) is 5.92 Å². The van der Waals surface area contributed by atoms with Crippen LogP contribution in [0.3, 0.4) is 0 Å². The van der Waals surface area contributed by atoms with Gasteiger partial charge in [-0.3, -0.25) is 4.79 Å². The molecule has 3 aliphatic rings. The van der Waals surface area contributed by atoms with Crippen LogP contribution >= 0.6 is 0 Å². The number of rotatable bonds is 2. The van der Waals surface area contributed by atoms with Crippen molar-refractivity contribution in [2.75, 3.05) is 19.7 Å². The lowest BCUT2D eigenvalue weighted by atomic mass is 9.80. The molecule has 1 saturated heterocycles. The van der Waals surface area contributed by atoms with Gasteiger partial charge in [0.25, 0.3) is 0 Å². The number of ether oxygens (including phenoxy) is 1. The van der Waals surface area contributed by atoms with Gasteiger partial charge in [-0.2, -0.15) is 0 Å². The molecule has 0 N–H and O–H groups in total. The average molecular weight is 349 g/mol. The van der Waals surface area contributed by atoms with Crippen molar-refractivity contribution in [2.24, 2.45) is 5.92 Å². The lowest BCUT2D eigenvalue weighted by molar-refractivity contribution is -0.137. The summed E-state index contributed by atoms with van der Waals surface area (Å²) in [6.45, 7) is 2.73. The molecule has 1 aliphatic carbocycles. The zero-order chi connectivity index (χ0) is 17.6. The van der Waals surface area contributed by atoms with Crippen LogP contribution in [-0.2, 0) is 21.6 Å². The van der Waals surface area contributed by atoms with Crippen LogP contribution < -0.4 is 0 Å². The van der Waals surface area contributed by atoms with Gasteiger partial charge in [-0.15, -0.1) is 0 Å². The van der Waals surface area contributed by atoms with E-state index in [4.69, 9.17) is 9.72 Å². The second-order valence-electron chi connectivity index (χ2n) is 7.84. The second kappa shape index (κ2) is 6.16. The smallest absolute Gasteiger partial charge is 0.225 e. The minimum atomic E-state index is -0.181. The Hall–Kier alpha value is -2.27. The third-order valence-electron chi connectivity index (χ3n) is 6.15. The van der Waals surface area contributed by atoms with E-state index in [1.807, 2.05) is 41.4 Å². The number of amides is 1. The molecule has 2 fully saturated rings. The van der Waals surface area contributed by atoms with E-state index < -0.39 is 0 Å². The fourth-order valence-corrected chi connectivity index (χ4v) is 4.41. The van der Waals surface area contributed by atoms with E-state index in [1.165, 1.54) is 6.42 Å². The van der Waals surface area contributed by atoms with Crippen molar-refractivity contribution >= 4 is 5.91 Å². The molecule has 2 aromatic rings. The molecule has 2 aliphatic heterocycles. The monoisotopic (exact) mass is 349 g/mol. The number of carbonyl (C=O) groups excluding carboxylic acids is 1. The van der Waals surface area contributed by atoms with Crippen molar-refractivity contribution in [1.29, 1.82) is 0 Å². The quantitative estimate of drug-likeness (QED) is 0.836. The SMILES string of the molecule is O=C(C1CCC1)N1CCC2(COCc3cnc(-c4ccccc4)nc32)C1. The molecule has 0 bridgehead atoms. The van der Waals surface area contributed by atoms with E-state index in [0.29, 0.717) is 19.1 Å². The van der Waals surface area contributed by atoms with Gasteiger partial charge in [-0.05, 0) is 19.3 Å². The minimum absolute atomic E-state index is 0.181. The summed E-state index contributed by atoms with van der Waals surface area (Å²) in [5, 5.41) is 0. The van der Waals surface area contributed by atoms with Gasteiger partial charge in [-0.25, -0.2) is 9.97 Å². The van der Waals surface area contributed by atoms with E-state index in [2.05, 4.69) is 4.98 Å². The summed E-state index contributed by atoms with van der Waals surface area (Å²) in [6.07, 6.45) is 6.12. The number of hydrogen-bond donors (Lipinski definition) is 0. The number of aromatic nitrogens is 2. The lowest BCUT2D eigenvalue weighted by Crippen LogP contribution is -2.43. The molecule has 1 aromatic carbocycles. The zero-order valence-electron chi connectivity index (χ0n) is 14.9. The summed E-state index contributed by atoms with van der Waals surface area (Å²) < 4.78 is 5.89. The molecule has 1 saturated carbocycles. The standard InChI is InChI=1S/C21H23N3O2/c25-20(16-7-4-8-16)24-10-9-21(13-24)14-26-12-17-11-22-19(23-18(17)21)15-5-2-1-3-6-15/h1-3,5-6,11,16H,4,7-10,12-14H2. The molecule has 1 unspecified atom stereocenters. The molecule has 5 rings (SSSR count). The van der Waals surface area contributed by atoms with E-state index in [0.717, 1.165) is 55.0 Å². The summed E-state index contributed by atoms with van der Waals surface area (Å²) >= 11 is 0. The maximum atomic E-state index is 12.7. The van der Waals surface area contributed by atoms with Crippen LogP contribution in [0.25, 0.3) is 11.4 Å². The summed E-state index contributed by atoms with van der Waals surface area (Å²) in [5.74, 6) is 1.34. The highest BCUT2D eigenvalue weighted by atomic mass is 16.5. The summed E-state index contributed by atoms with van der Waals surface area (Å²) in [6, 6.07) is 10.1. The number of nitrogens with zero attached hydrogens (tertiary/aromatic N) is 3. The number of fused-ring (bicyclic) bond motifs is 2. The Balaban J connectivity index is 1.48. The highest BCUT2D eigenvalue weighted by Crippen LogP contribution is 2.41. The first-order valence-corrected chi connectivity index (χ1v) is 9.54. The maximum Gasteiger partial charge on any atom is 0.225 e. The van der Waals surface area contributed by atoms with Crippen molar-refractivity contribution in [3.8, 4) is 11.4 Å². The Labute approximate surface area is 153 Å². The van der Waals surface area contributed by atoms with Crippen molar-refractivity contribution in [2.45, 2.75) is 37.7 Å². The number of hydrogen-bond acceptors (Lipinski definition) is 4. The van der Waals surface area contributed by atoms with Crippen molar-refractivity contribution in [3.05, 3.63) is 47.8 Å². The first-order valence-electron chi connectivity index (χ1n) is 9.54. The van der Waals surface area contributed by atoms with E-state index >= 15 is 0 Å². The van der Waals surface area contributed by atoms with Crippen LogP contribution in [0.15, 0.2) is 36.5 Å². The van der Waals surface area contributed by atoms with E-state index in [1.54, 1.807) is 0 Å². The number of carbonyl (C=O) groups is 1. The molecule has 5 nitrogen and oxygen atoms in total. The minimum Gasteiger partial charge on any atom is -0.376 e. The first-order chi connectivity index (χ1) is 12.8. The van der Waals surface area contributed by atoms with Gasteiger partial charge in [0.05, 0.1) is 24.3 Å². The van der Waals surface area contributed by atoms with Crippen molar-refractivity contribution in [1.82, 2.24) is 14.9 Å². The first kappa shape index (κ1) is 15.9. The van der Waals surface area contributed by atoms with Gasteiger partial charge in [0, 0.05) is 36.3 Å². The van der Waals surface area contributed by atoms with Crippen LogP contribution in [0.1, 0.15) is 36.9 Å². The van der Waals surface area contributed by atoms with E-state index in [-0.39, 0.29) is 11.3 Å². The van der Waals surface area contributed by atoms with Crippen LogP contribution in [0.5, 0.6) is 0 Å². The normalized spacial score (nSPS) is 25.2. The van der Waals surface area contributed by atoms with Gasteiger partial charge >= 0.3 is 0 Å². The third-order valence-corrected chi connectivity index (χ3v) is 6.15. The maximum absolute atomic E-state index is 12.7. The molecular formula is C21H23N3O2. The lowest BCUT2D eigenvalue weighted by Gasteiger charge is -2.35. The van der Waals surface area contributed by atoms with Gasteiger partial charge in [0.2, 0.25) is 5.91 Å². The highest BCUT2D eigenvalue weighted by molar-refractivity contribution is 5.80. The van der Waals surface area contributed by atoms with Crippen molar-refractivity contribution < 1.29 is 9.53 Å². The fourth-order valence-electron chi connectivity index (χ4n) is 4.41. The molecule has 1 atom stereocenters. The number of likely N-dealkylation sites (tertiary alicyclic amines) is 1. The largest absolute Gasteiger partial charge is 0.376 e. The highest BCUT2D eigenvalue weighted by Gasteiger charge is 2.47. The summed E-state index contributed by atoms with van der Waals surface area (Å²) in [7, 11) is 0. The molecule has 134 valence electrons. The van der Waals surface area contributed by atoms with Crippen LogP contribution in [0.2, 0.25) is 0 Å². The summed E-state index contributed by atoms with van der Waals surface area (Å²) in [4.78, 5) is 24.3. The Kier molecular flexibility index (Phi) is 3.78. The third kappa shape index (κ3) is 2.53. The molecule has 0 radical (unpaired) electrons. The Morgan fingerprint density at radius 2 is 2.08 bits per heavy atom. The molecule has 26 heavy (non-hydrogen) atoms. The summed E-state index contributed by atoms with van der Waals surface area (Å²) in [5.41, 5.74) is 2.99. The molecule has 3 heterocycles. The fraction of sp³-hybridized carbons (Fsp3) is 0.476.